The molecule has 15 heteroatoms. The lowest BCUT2D eigenvalue weighted by atomic mass is 10.1. The summed E-state index contributed by atoms with van der Waals surface area (Å²) in [4.78, 5) is 42.3. The van der Waals surface area contributed by atoms with Gasteiger partial charge in [0.1, 0.15) is 24.1 Å². The van der Waals surface area contributed by atoms with Crippen LogP contribution in [0.1, 0.15) is 6.23 Å². The summed E-state index contributed by atoms with van der Waals surface area (Å²) in [7, 11) is -8.84. The summed E-state index contributed by atoms with van der Waals surface area (Å²) >= 11 is 0. The van der Waals surface area contributed by atoms with E-state index in [0.29, 0.717) is 0 Å². The highest BCUT2D eigenvalue weighted by Crippen LogP contribution is 2.47. The summed E-state index contributed by atoms with van der Waals surface area (Å²) < 4.78 is 33.4. The average molecular weight is 415 g/mol. The number of nitrogens with two attached hydrogens (primary N) is 1. The number of anilines is 1. The minimum Gasteiger partial charge on any atom is -0.387 e. The van der Waals surface area contributed by atoms with Gasteiger partial charge >= 0.3 is 20.9 Å². The molecule has 0 aliphatic carbocycles. The third-order valence-corrected chi connectivity index (χ3v) is 6.08. The van der Waals surface area contributed by atoms with Crippen LogP contribution in [0.2, 0.25) is 0 Å². The van der Waals surface area contributed by atoms with Crippen LogP contribution in [0.25, 0.3) is 0 Å². The van der Waals surface area contributed by atoms with Gasteiger partial charge in [0.15, 0.2) is 6.23 Å². The number of hydrogen-bond acceptors (Lipinski definition) is 9. The maximum atomic E-state index is 11.8. The Labute approximate surface area is 146 Å². The quantitative estimate of drug-likeness (QED) is 0.262. The van der Waals surface area contributed by atoms with Crippen LogP contribution in [0.4, 0.5) is 5.82 Å². The van der Waals surface area contributed by atoms with E-state index in [0.717, 1.165) is 4.57 Å². The van der Waals surface area contributed by atoms with E-state index >= 15 is 0 Å². The highest BCUT2D eigenvalue weighted by Gasteiger charge is 2.45. The molecular formula is C11H19N3O10P2. The number of aromatic nitrogens is 2. The summed E-state index contributed by atoms with van der Waals surface area (Å²) in [6, 6.07) is 1.28. The SMILES string of the molecule is Nc1ccn([C@@H]2O[C@H](COP(=O)(O)CCP(=O)(O)O)[C@@H](O)[C@H]2O)c(=O)n1. The second-order valence-corrected chi connectivity index (χ2v) is 9.39. The number of nitrogen functional groups attached to an aromatic ring is 1. The molecule has 13 nitrogen and oxygen atoms in total. The lowest BCUT2D eigenvalue weighted by Gasteiger charge is -2.18. The van der Waals surface area contributed by atoms with Gasteiger partial charge in [-0.25, -0.2) is 4.79 Å². The van der Waals surface area contributed by atoms with Crippen LogP contribution in [0, 0.1) is 0 Å². The van der Waals surface area contributed by atoms with Crippen LogP contribution in [0.5, 0.6) is 0 Å². The summed E-state index contributed by atoms with van der Waals surface area (Å²) in [6.07, 6.45) is -6.15. The van der Waals surface area contributed by atoms with Gasteiger partial charge in [0.05, 0.1) is 18.9 Å². The highest BCUT2D eigenvalue weighted by atomic mass is 31.2. The molecule has 0 aromatic carbocycles. The van der Waals surface area contributed by atoms with E-state index in [1.165, 1.54) is 12.3 Å². The van der Waals surface area contributed by atoms with Gasteiger partial charge in [-0.15, -0.1) is 0 Å². The average Bonchev–Trinajstić information content (AvgIpc) is 2.79. The summed E-state index contributed by atoms with van der Waals surface area (Å²) in [5.41, 5.74) is 4.52. The third kappa shape index (κ3) is 5.43. The molecule has 2 heterocycles. The minimum atomic E-state index is -4.48. The summed E-state index contributed by atoms with van der Waals surface area (Å²) in [6.45, 7) is -0.652. The Morgan fingerprint density at radius 3 is 2.46 bits per heavy atom. The van der Waals surface area contributed by atoms with E-state index in [1.54, 1.807) is 0 Å². The van der Waals surface area contributed by atoms with Gasteiger partial charge in [-0.1, -0.05) is 0 Å². The molecule has 0 saturated carbocycles. The first-order valence-corrected chi connectivity index (χ1v) is 10.8. The van der Waals surface area contributed by atoms with E-state index in [9.17, 15) is 29.0 Å². The molecule has 1 aromatic rings. The zero-order valence-corrected chi connectivity index (χ0v) is 15.0. The normalized spacial score (nSPS) is 28.8. The number of nitrogens with zero attached hydrogens (tertiary/aromatic N) is 2. The van der Waals surface area contributed by atoms with Crippen molar-refractivity contribution in [2.24, 2.45) is 0 Å². The molecule has 26 heavy (non-hydrogen) atoms. The van der Waals surface area contributed by atoms with Gasteiger partial charge < -0.3 is 39.9 Å². The first-order valence-electron chi connectivity index (χ1n) is 7.27. The lowest BCUT2D eigenvalue weighted by Crippen LogP contribution is -2.36. The van der Waals surface area contributed by atoms with Crippen LogP contribution in [0.3, 0.4) is 0 Å². The van der Waals surface area contributed by atoms with Crippen LogP contribution < -0.4 is 11.4 Å². The van der Waals surface area contributed by atoms with Gasteiger partial charge in [0.2, 0.25) is 0 Å². The molecule has 0 radical (unpaired) electrons. The van der Waals surface area contributed by atoms with E-state index in [1.807, 2.05) is 0 Å². The van der Waals surface area contributed by atoms with Crippen molar-refractivity contribution in [1.82, 2.24) is 9.55 Å². The Hall–Kier alpha value is -1.14. The fourth-order valence-electron chi connectivity index (χ4n) is 2.23. The smallest absolute Gasteiger partial charge is 0.351 e. The van der Waals surface area contributed by atoms with Crippen molar-refractivity contribution >= 4 is 21.0 Å². The van der Waals surface area contributed by atoms with Crippen molar-refractivity contribution in [3.8, 4) is 0 Å². The van der Waals surface area contributed by atoms with E-state index in [4.69, 9.17) is 24.8 Å². The predicted molar refractivity (Wildman–Crippen MR) is 86.4 cm³/mol. The van der Waals surface area contributed by atoms with Gasteiger partial charge in [0, 0.05) is 6.20 Å². The molecule has 0 amide bonds. The maximum Gasteiger partial charge on any atom is 0.351 e. The molecule has 1 aromatic heterocycles. The Bertz CT molecular complexity index is 795. The van der Waals surface area contributed by atoms with Crippen LogP contribution in [-0.4, -0.2) is 71.7 Å². The van der Waals surface area contributed by atoms with Crippen molar-refractivity contribution in [2.75, 3.05) is 24.7 Å². The maximum absolute atomic E-state index is 11.8. The van der Waals surface area contributed by atoms with Gasteiger partial charge in [0.25, 0.3) is 0 Å². The van der Waals surface area contributed by atoms with Crippen molar-refractivity contribution in [2.45, 2.75) is 24.5 Å². The van der Waals surface area contributed by atoms with E-state index in [2.05, 4.69) is 4.98 Å². The fourth-order valence-corrected chi connectivity index (χ4v) is 4.79. The zero-order chi connectivity index (χ0) is 19.7. The van der Waals surface area contributed by atoms with Gasteiger partial charge in [-0.3, -0.25) is 13.7 Å². The number of aliphatic hydroxyl groups is 2. The molecule has 1 fully saturated rings. The summed E-state index contributed by atoms with van der Waals surface area (Å²) in [5, 5.41) is 20.0. The van der Waals surface area contributed by atoms with Crippen molar-refractivity contribution in [3.05, 3.63) is 22.7 Å². The Kier molecular flexibility index (Phi) is 6.39. The minimum absolute atomic E-state index is 0.0505. The topological polar surface area (TPSA) is 215 Å². The van der Waals surface area contributed by atoms with Crippen LogP contribution in [-0.2, 0) is 18.4 Å². The number of rotatable bonds is 7. The number of ether oxygens (including phenoxy) is 1. The molecule has 1 unspecified atom stereocenters. The van der Waals surface area contributed by atoms with Crippen molar-refractivity contribution in [3.63, 3.8) is 0 Å². The molecule has 7 N–H and O–H groups in total. The fraction of sp³-hybridized carbons (Fsp3) is 0.636. The third-order valence-electron chi connectivity index (χ3n) is 3.58. The Balaban J connectivity index is 2.02. The van der Waals surface area contributed by atoms with Gasteiger partial charge in [-0.05, 0) is 6.07 Å². The molecule has 5 atom stereocenters. The molecule has 148 valence electrons. The van der Waals surface area contributed by atoms with Crippen molar-refractivity contribution in [1.29, 1.82) is 0 Å². The molecule has 1 aliphatic heterocycles. The van der Waals surface area contributed by atoms with Crippen LogP contribution in [0.15, 0.2) is 17.1 Å². The first kappa shape index (κ1) is 21.2. The monoisotopic (exact) mass is 415 g/mol. The number of hydrogen-bond donors (Lipinski definition) is 6. The molecule has 1 aliphatic rings. The van der Waals surface area contributed by atoms with Gasteiger partial charge in [-0.2, -0.15) is 4.98 Å². The second-order valence-electron chi connectivity index (χ2n) is 5.63. The van der Waals surface area contributed by atoms with Crippen LogP contribution >= 0.6 is 15.2 Å². The zero-order valence-electron chi connectivity index (χ0n) is 13.2. The molecule has 0 bridgehead atoms. The second kappa shape index (κ2) is 7.85. The Morgan fingerprint density at radius 1 is 1.23 bits per heavy atom. The largest absolute Gasteiger partial charge is 0.387 e. The Morgan fingerprint density at radius 2 is 1.88 bits per heavy atom. The highest BCUT2D eigenvalue weighted by molar-refractivity contribution is 7.56. The standard InChI is InChI=1S/C11H19N3O10P2/c12-7-1-2-14(11(17)13-7)10-9(16)8(15)6(24-10)5-23-26(21,22)4-3-25(18,19)20/h1-2,6,8-10,15-16H,3-5H2,(H,21,22)(H2,12,13,17)(H2,18,19,20)/t6-,8-,9-,10-/m1/s1. The molecule has 0 spiro atoms. The molecule has 2 rings (SSSR count). The van der Waals surface area contributed by atoms with E-state index in [-0.39, 0.29) is 5.82 Å². The number of aliphatic hydroxyl groups excluding tert-OH is 2. The van der Waals surface area contributed by atoms with Crippen molar-refractivity contribution < 1.29 is 43.3 Å². The molecule has 1 saturated heterocycles. The lowest BCUT2D eigenvalue weighted by molar-refractivity contribution is -0.0524. The molecular weight excluding hydrogens is 396 g/mol. The predicted octanol–water partition coefficient (Wildman–Crippen LogP) is -2.18. The summed E-state index contributed by atoms with van der Waals surface area (Å²) in [5.74, 6) is -0.0505. The van der Waals surface area contributed by atoms with E-state index < -0.39 is 64.4 Å². The first-order chi connectivity index (χ1) is 11.9.